The molecular weight excluding hydrogens is 230 g/mol. The van der Waals surface area contributed by atoms with Crippen LogP contribution in [-0.2, 0) is 0 Å². The van der Waals surface area contributed by atoms with E-state index in [1.54, 1.807) is 0 Å². The minimum absolute atomic E-state index is 0.284. The third-order valence-corrected chi connectivity index (χ3v) is 4.02. The molecule has 3 heteroatoms. The number of Topliss-reactive ketones (excluding diaryl/α,β-unsaturated/α-hetero) is 1. The molecule has 0 saturated carbocycles. The van der Waals surface area contributed by atoms with Crippen molar-refractivity contribution in [3.63, 3.8) is 0 Å². The smallest absolute Gasteiger partial charge is 0.163 e. The van der Waals surface area contributed by atoms with Crippen molar-refractivity contribution in [3.8, 4) is 0 Å². The number of benzene rings is 1. The van der Waals surface area contributed by atoms with Gasteiger partial charge in [0.15, 0.2) is 5.78 Å². The Labute approximate surface area is 107 Å². The summed E-state index contributed by atoms with van der Waals surface area (Å²) in [6.45, 7) is 4.19. The molecule has 0 aliphatic carbocycles. The summed E-state index contributed by atoms with van der Waals surface area (Å²) in [7, 11) is 0. The Morgan fingerprint density at radius 1 is 1.41 bits per heavy atom. The van der Waals surface area contributed by atoms with Crippen molar-refractivity contribution in [1.82, 2.24) is 5.32 Å². The monoisotopic (exact) mass is 249 g/mol. The molecule has 1 aromatic carbocycles. The summed E-state index contributed by atoms with van der Waals surface area (Å²) in [5.41, 5.74) is 0.859. The minimum Gasteiger partial charge on any atom is -0.316 e. The molecule has 0 amide bonds. The van der Waals surface area contributed by atoms with Crippen LogP contribution in [0.3, 0.4) is 0 Å². The van der Waals surface area contributed by atoms with E-state index < -0.39 is 0 Å². The molecule has 1 aromatic rings. The summed E-state index contributed by atoms with van der Waals surface area (Å²) in [6, 6.07) is 8.02. The fourth-order valence-electron chi connectivity index (χ4n) is 2.17. The van der Waals surface area contributed by atoms with Crippen molar-refractivity contribution < 1.29 is 4.79 Å². The van der Waals surface area contributed by atoms with Crippen molar-refractivity contribution in [2.45, 2.75) is 24.7 Å². The number of hydrogen-bond acceptors (Lipinski definition) is 3. The molecule has 0 spiro atoms. The maximum absolute atomic E-state index is 12.0. The highest BCUT2D eigenvalue weighted by Crippen LogP contribution is 2.20. The van der Waals surface area contributed by atoms with Gasteiger partial charge in [-0.15, -0.1) is 11.8 Å². The quantitative estimate of drug-likeness (QED) is 0.642. The molecule has 0 bridgehead atoms. The summed E-state index contributed by atoms with van der Waals surface area (Å²) in [5.74, 6) is 1.89. The Kier molecular flexibility index (Phi) is 4.63. The van der Waals surface area contributed by atoms with Gasteiger partial charge in [0.2, 0.25) is 0 Å². The Bertz CT molecular complexity index is 368. The van der Waals surface area contributed by atoms with Gasteiger partial charge in [-0.25, -0.2) is 0 Å². The van der Waals surface area contributed by atoms with Gasteiger partial charge >= 0.3 is 0 Å². The first kappa shape index (κ1) is 12.7. The van der Waals surface area contributed by atoms with E-state index in [1.165, 1.54) is 4.90 Å². The predicted octanol–water partition coefficient (Wildman–Crippen LogP) is 2.98. The lowest BCUT2D eigenvalue weighted by Crippen LogP contribution is -2.12. The lowest BCUT2D eigenvalue weighted by Gasteiger charge is -2.07. The highest BCUT2D eigenvalue weighted by atomic mass is 32.2. The lowest BCUT2D eigenvalue weighted by molar-refractivity contribution is 0.0964. The van der Waals surface area contributed by atoms with Crippen LogP contribution in [0, 0.1) is 5.92 Å². The third kappa shape index (κ3) is 3.58. The van der Waals surface area contributed by atoms with Crippen LogP contribution in [0.15, 0.2) is 29.2 Å². The summed E-state index contributed by atoms with van der Waals surface area (Å²) in [5, 5.41) is 3.30. The SMILES string of the molecule is CCSc1ccc(C(=O)CC2CCNC2)cc1. The van der Waals surface area contributed by atoms with Crippen molar-refractivity contribution >= 4 is 17.5 Å². The molecule has 1 unspecified atom stereocenters. The van der Waals surface area contributed by atoms with Crippen LogP contribution in [-0.4, -0.2) is 24.6 Å². The van der Waals surface area contributed by atoms with Crippen LogP contribution in [0.5, 0.6) is 0 Å². The predicted molar refractivity (Wildman–Crippen MR) is 72.8 cm³/mol. The Hall–Kier alpha value is -0.800. The fraction of sp³-hybridized carbons (Fsp3) is 0.500. The molecule has 2 rings (SSSR count). The average molecular weight is 249 g/mol. The van der Waals surface area contributed by atoms with Crippen molar-refractivity contribution in [1.29, 1.82) is 0 Å². The molecule has 1 heterocycles. The molecule has 0 radical (unpaired) electrons. The zero-order valence-electron chi connectivity index (χ0n) is 10.2. The number of carbonyl (C=O) groups excluding carboxylic acids is 1. The minimum atomic E-state index is 0.284. The van der Waals surface area contributed by atoms with Crippen LogP contribution in [0.4, 0.5) is 0 Å². The Morgan fingerprint density at radius 2 is 2.18 bits per heavy atom. The molecule has 0 aromatic heterocycles. The first-order valence-electron chi connectivity index (χ1n) is 6.26. The van der Waals surface area contributed by atoms with Gasteiger partial charge in [-0.3, -0.25) is 4.79 Å². The van der Waals surface area contributed by atoms with Crippen LogP contribution >= 0.6 is 11.8 Å². The molecule has 1 fully saturated rings. The largest absolute Gasteiger partial charge is 0.316 e. The summed E-state index contributed by atoms with van der Waals surface area (Å²) in [6.07, 6.45) is 1.82. The number of carbonyl (C=O) groups is 1. The molecular formula is C14H19NOS. The second kappa shape index (κ2) is 6.22. The van der Waals surface area contributed by atoms with Crippen molar-refractivity contribution in [3.05, 3.63) is 29.8 Å². The maximum atomic E-state index is 12.0. The zero-order valence-corrected chi connectivity index (χ0v) is 11.1. The third-order valence-electron chi connectivity index (χ3n) is 3.12. The van der Waals surface area contributed by atoms with Gasteiger partial charge < -0.3 is 5.32 Å². The summed E-state index contributed by atoms with van der Waals surface area (Å²) >= 11 is 1.81. The van der Waals surface area contributed by atoms with Crippen LogP contribution in [0.1, 0.15) is 30.1 Å². The van der Waals surface area contributed by atoms with Crippen LogP contribution in [0.2, 0.25) is 0 Å². The fourth-order valence-corrected chi connectivity index (χ4v) is 2.83. The summed E-state index contributed by atoms with van der Waals surface area (Å²) < 4.78 is 0. The first-order valence-corrected chi connectivity index (χ1v) is 7.25. The number of ketones is 1. The molecule has 1 atom stereocenters. The van der Waals surface area contributed by atoms with E-state index >= 15 is 0 Å². The highest BCUT2D eigenvalue weighted by molar-refractivity contribution is 7.99. The van der Waals surface area contributed by atoms with E-state index in [1.807, 2.05) is 36.0 Å². The van der Waals surface area contributed by atoms with E-state index in [0.29, 0.717) is 12.3 Å². The van der Waals surface area contributed by atoms with Crippen LogP contribution < -0.4 is 5.32 Å². The molecule has 1 saturated heterocycles. The maximum Gasteiger partial charge on any atom is 0.163 e. The summed E-state index contributed by atoms with van der Waals surface area (Å²) in [4.78, 5) is 13.3. The highest BCUT2D eigenvalue weighted by Gasteiger charge is 2.18. The van der Waals surface area contributed by atoms with Crippen LogP contribution in [0.25, 0.3) is 0 Å². The number of thioether (sulfide) groups is 1. The topological polar surface area (TPSA) is 29.1 Å². The molecule has 17 heavy (non-hydrogen) atoms. The molecule has 92 valence electrons. The zero-order chi connectivity index (χ0) is 12.1. The van der Waals surface area contributed by atoms with Gasteiger partial charge in [-0.1, -0.05) is 19.1 Å². The van der Waals surface area contributed by atoms with E-state index in [4.69, 9.17) is 0 Å². The molecule has 1 N–H and O–H groups in total. The van der Waals surface area contributed by atoms with E-state index in [0.717, 1.165) is 30.8 Å². The van der Waals surface area contributed by atoms with Gasteiger partial charge in [0.05, 0.1) is 0 Å². The second-order valence-electron chi connectivity index (χ2n) is 4.44. The number of nitrogens with one attached hydrogen (secondary N) is 1. The van der Waals surface area contributed by atoms with Crippen molar-refractivity contribution in [2.24, 2.45) is 5.92 Å². The van der Waals surface area contributed by atoms with Gasteiger partial charge in [-0.05, 0) is 43.3 Å². The van der Waals surface area contributed by atoms with Gasteiger partial charge in [0.25, 0.3) is 0 Å². The van der Waals surface area contributed by atoms with Crippen molar-refractivity contribution in [2.75, 3.05) is 18.8 Å². The normalized spacial score (nSPS) is 19.5. The molecule has 1 aliphatic rings. The number of hydrogen-bond donors (Lipinski definition) is 1. The van der Waals surface area contributed by atoms with E-state index in [9.17, 15) is 4.79 Å². The van der Waals surface area contributed by atoms with Gasteiger partial charge in [-0.2, -0.15) is 0 Å². The number of rotatable bonds is 5. The standard InChI is InChI=1S/C14H19NOS/c1-2-17-13-5-3-12(4-6-13)14(16)9-11-7-8-15-10-11/h3-6,11,15H,2,7-10H2,1H3. The lowest BCUT2D eigenvalue weighted by atomic mass is 9.98. The van der Waals surface area contributed by atoms with E-state index in [-0.39, 0.29) is 5.78 Å². The van der Waals surface area contributed by atoms with Gasteiger partial charge in [0.1, 0.15) is 0 Å². The Morgan fingerprint density at radius 3 is 2.76 bits per heavy atom. The van der Waals surface area contributed by atoms with Gasteiger partial charge in [0, 0.05) is 16.9 Å². The molecule has 2 nitrogen and oxygen atoms in total. The second-order valence-corrected chi connectivity index (χ2v) is 5.78. The Balaban J connectivity index is 1.93. The first-order chi connectivity index (χ1) is 8.29. The molecule has 1 aliphatic heterocycles. The average Bonchev–Trinajstić information content (AvgIpc) is 2.83. The van der Waals surface area contributed by atoms with E-state index in [2.05, 4.69) is 12.2 Å².